The molecule has 2 aromatic carbocycles. The van der Waals surface area contributed by atoms with E-state index >= 15 is 0 Å². The molecule has 5 aromatic rings. The number of ether oxygens (including phenoxy) is 1. The molecule has 244 valence electrons. The number of carboxylic acid groups (broad SMARTS) is 1. The van der Waals surface area contributed by atoms with Gasteiger partial charge in [-0.25, -0.2) is 4.68 Å². The summed E-state index contributed by atoms with van der Waals surface area (Å²) >= 11 is 0. The highest BCUT2D eigenvalue weighted by molar-refractivity contribution is 5.85. The first kappa shape index (κ1) is 30.5. The van der Waals surface area contributed by atoms with Crippen molar-refractivity contribution in [2.75, 3.05) is 30.3 Å². The number of halogens is 3. The Kier molecular flexibility index (Phi) is 7.54. The van der Waals surface area contributed by atoms with Crippen molar-refractivity contribution in [3.8, 4) is 22.7 Å². The quantitative estimate of drug-likeness (QED) is 0.182. The fourth-order valence-electron chi connectivity index (χ4n) is 6.68. The van der Waals surface area contributed by atoms with Gasteiger partial charge in [0.15, 0.2) is 0 Å². The molecule has 0 amide bonds. The second kappa shape index (κ2) is 11.6. The predicted octanol–water partition coefficient (Wildman–Crippen LogP) is 5.42. The third-order valence-corrected chi connectivity index (χ3v) is 9.22. The van der Waals surface area contributed by atoms with E-state index in [1.54, 1.807) is 31.3 Å². The molecule has 2 fully saturated rings. The molecule has 1 unspecified atom stereocenters. The van der Waals surface area contributed by atoms with Crippen molar-refractivity contribution in [1.29, 1.82) is 0 Å². The number of nitrogen functional groups attached to an aromatic ring is 1. The smallest absolute Gasteiger partial charge is 0.429 e. The van der Waals surface area contributed by atoms with Gasteiger partial charge in [0.05, 0.1) is 11.4 Å². The Labute approximate surface area is 267 Å². The Bertz CT molecular complexity index is 1950. The molecule has 2 aliphatic heterocycles. The Morgan fingerprint density at radius 3 is 2.55 bits per heavy atom. The molecule has 7 rings (SSSR count). The van der Waals surface area contributed by atoms with Gasteiger partial charge in [-0.3, -0.25) is 4.79 Å². The van der Waals surface area contributed by atoms with Crippen LogP contribution in [-0.2, 0) is 4.79 Å². The van der Waals surface area contributed by atoms with Crippen LogP contribution in [0.15, 0.2) is 67.0 Å². The van der Waals surface area contributed by atoms with E-state index < -0.39 is 24.3 Å². The number of carbonyl (C=O) groups is 1. The van der Waals surface area contributed by atoms with Crippen molar-refractivity contribution < 1.29 is 27.8 Å². The van der Waals surface area contributed by atoms with E-state index in [0.29, 0.717) is 56.0 Å². The number of aromatic nitrogens is 5. The van der Waals surface area contributed by atoms with Crippen LogP contribution in [0.2, 0.25) is 0 Å². The number of nitrogens with zero attached hydrogens (tertiary/aromatic N) is 5. The minimum absolute atomic E-state index is 0.148. The molecule has 5 N–H and O–H groups in total. The van der Waals surface area contributed by atoms with Crippen LogP contribution >= 0.6 is 0 Å². The highest BCUT2D eigenvalue weighted by Gasteiger charge is 2.46. The number of nitrogens with two attached hydrogens (primary N) is 1. The zero-order chi connectivity index (χ0) is 32.9. The number of fused-ring (bicyclic) bond motifs is 1. The van der Waals surface area contributed by atoms with Gasteiger partial charge in [-0.2, -0.15) is 28.2 Å². The Balaban J connectivity index is 1.20. The largest absolute Gasteiger partial charge is 0.480 e. The van der Waals surface area contributed by atoms with Gasteiger partial charge in [0, 0.05) is 49.2 Å². The lowest BCUT2D eigenvalue weighted by molar-refractivity contribution is -0.198. The third kappa shape index (κ3) is 6.08. The molecule has 3 aromatic heterocycles. The van der Waals surface area contributed by atoms with Crippen LogP contribution in [-0.4, -0.2) is 67.7 Å². The SMILES string of the molecule is Cc1ccn(-c2cc(-c3ccc4cc[nH]c4c3)ccc2C(Oc2cc(N3CCC4(CC3)CN[C@H](C(=O)O)C4)nc(N)n2)C(F)(F)F)n1. The van der Waals surface area contributed by atoms with Gasteiger partial charge in [-0.1, -0.05) is 24.3 Å². The first-order chi connectivity index (χ1) is 22.5. The second-order valence-corrected chi connectivity index (χ2v) is 12.4. The number of carboxylic acids is 1. The monoisotopic (exact) mass is 646 g/mol. The van der Waals surface area contributed by atoms with Crippen LogP contribution in [0.25, 0.3) is 27.7 Å². The summed E-state index contributed by atoms with van der Waals surface area (Å²) in [7, 11) is 0. The summed E-state index contributed by atoms with van der Waals surface area (Å²) in [6.07, 6.45) is -1.85. The maximum atomic E-state index is 14.9. The van der Waals surface area contributed by atoms with E-state index in [4.69, 9.17) is 10.5 Å². The zero-order valence-corrected chi connectivity index (χ0v) is 25.5. The van der Waals surface area contributed by atoms with E-state index in [0.717, 1.165) is 16.5 Å². The lowest BCUT2D eigenvalue weighted by atomic mass is 9.76. The third-order valence-electron chi connectivity index (χ3n) is 9.22. The lowest BCUT2D eigenvalue weighted by Crippen LogP contribution is -2.41. The van der Waals surface area contributed by atoms with Crippen molar-refractivity contribution >= 4 is 28.6 Å². The maximum Gasteiger partial charge on any atom is 0.429 e. The van der Waals surface area contributed by atoms with Crippen molar-refractivity contribution in [3.05, 3.63) is 78.2 Å². The standard InChI is InChI=1S/C33H33F3N8O3/c1-19-7-11-44(42-19)26-15-22(21-3-2-20-6-10-38-24(20)14-21)4-5-23(26)29(33(34,35)36)47-28-16-27(40-31(37)41-28)43-12-8-32(9-13-43)17-25(30(45)46)39-18-32/h2-7,10-11,14-16,25,29,38-39H,8-9,12-13,17-18H2,1H3,(H,45,46)(H2,37,40,41)/t25-,29?/m0/s1. The number of hydrogen-bond donors (Lipinski definition) is 4. The highest BCUT2D eigenvalue weighted by Crippen LogP contribution is 2.43. The molecule has 0 bridgehead atoms. The van der Waals surface area contributed by atoms with Gasteiger partial charge < -0.3 is 30.8 Å². The van der Waals surface area contributed by atoms with E-state index in [-0.39, 0.29) is 28.5 Å². The number of hydrogen-bond acceptors (Lipinski definition) is 8. The highest BCUT2D eigenvalue weighted by atomic mass is 19.4. The summed E-state index contributed by atoms with van der Waals surface area (Å²) in [4.78, 5) is 24.9. The van der Waals surface area contributed by atoms with Gasteiger partial charge in [0.2, 0.25) is 17.9 Å². The average Bonchev–Trinajstić information content (AvgIpc) is 3.79. The van der Waals surface area contributed by atoms with Crippen molar-refractivity contribution in [2.45, 2.75) is 44.5 Å². The van der Waals surface area contributed by atoms with Crippen LogP contribution in [0, 0.1) is 12.3 Å². The van der Waals surface area contributed by atoms with E-state index in [2.05, 4.69) is 25.4 Å². The van der Waals surface area contributed by atoms with Crippen LogP contribution < -0.4 is 20.7 Å². The number of H-pyrrole nitrogens is 1. The molecular weight excluding hydrogens is 613 g/mol. The molecule has 5 heterocycles. The molecule has 0 radical (unpaired) electrons. The number of piperidine rings is 1. The Morgan fingerprint density at radius 2 is 1.85 bits per heavy atom. The average molecular weight is 647 g/mol. The van der Waals surface area contributed by atoms with Gasteiger partial charge in [0.25, 0.3) is 0 Å². The number of aryl methyl sites for hydroxylation is 1. The van der Waals surface area contributed by atoms with Crippen molar-refractivity contribution in [1.82, 2.24) is 30.0 Å². The van der Waals surface area contributed by atoms with Crippen molar-refractivity contribution in [2.24, 2.45) is 5.41 Å². The first-order valence-electron chi connectivity index (χ1n) is 15.3. The van der Waals surface area contributed by atoms with E-state index in [1.165, 1.54) is 16.8 Å². The van der Waals surface area contributed by atoms with Crippen molar-refractivity contribution in [3.63, 3.8) is 0 Å². The topological polar surface area (TPSA) is 147 Å². The summed E-state index contributed by atoms with van der Waals surface area (Å²) in [5.41, 5.74) is 8.98. The maximum absolute atomic E-state index is 14.9. The predicted molar refractivity (Wildman–Crippen MR) is 169 cm³/mol. The number of aromatic amines is 1. The molecule has 47 heavy (non-hydrogen) atoms. The summed E-state index contributed by atoms with van der Waals surface area (Å²) < 4.78 is 51.7. The molecule has 2 aliphatic rings. The fraction of sp³-hybridized carbons (Fsp3) is 0.333. The number of alkyl halides is 3. The number of benzene rings is 2. The minimum Gasteiger partial charge on any atom is -0.480 e. The fourth-order valence-corrected chi connectivity index (χ4v) is 6.68. The number of anilines is 2. The molecule has 0 saturated carbocycles. The van der Waals surface area contributed by atoms with E-state index in [9.17, 15) is 23.1 Å². The van der Waals surface area contributed by atoms with Gasteiger partial charge in [-0.05, 0) is 72.4 Å². The number of rotatable bonds is 7. The molecule has 2 saturated heterocycles. The van der Waals surface area contributed by atoms with E-state index in [1.807, 2.05) is 35.4 Å². The second-order valence-electron chi connectivity index (χ2n) is 12.4. The zero-order valence-electron chi connectivity index (χ0n) is 25.5. The summed E-state index contributed by atoms with van der Waals surface area (Å²) in [6.45, 7) is 3.43. The normalized spacial score (nSPS) is 18.6. The van der Waals surface area contributed by atoms with Crippen LogP contribution in [0.4, 0.5) is 24.9 Å². The van der Waals surface area contributed by atoms with Crippen LogP contribution in [0.1, 0.15) is 36.6 Å². The molecule has 0 aliphatic carbocycles. The molecule has 11 nitrogen and oxygen atoms in total. The molecular formula is C33H33F3N8O3. The van der Waals surface area contributed by atoms with Gasteiger partial charge >= 0.3 is 12.1 Å². The molecule has 1 spiro atoms. The lowest BCUT2D eigenvalue weighted by Gasteiger charge is -2.39. The minimum atomic E-state index is -4.82. The summed E-state index contributed by atoms with van der Waals surface area (Å²) in [5.74, 6) is -1.05. The number of nitrogens with one attached hydrogen (secondary N) is 2. The first-order valence-corrected chi connectivity index (χ1v) is 15.3. The summed E-state index contributed by atoms with van der Waals surface area (Å²) in [6, 6.07) is 15.0. The number of aliphatic carboxylic acids is 1. The molecule has 2 atom stereocenters. The van der Waals surface area contributed by atoms with Crippen LogP contribution in [0.5, 0.6) is 5.88 Å². The van der Waals surface area contributed by atoms with Crippen LogP contribution in [0.3, 0.4) is 0 Å². The Hall–Kier alpha value is -5.11. The van der Waals surface area contributed by atoms with Gasteiger partial charge in [-0.15, -0.1) is 0 Å². The molecule has 14 heteroatoms. The summed E-state index contributed by atoms with van der Waals surface area (Å²) in [5, 5.41) is 17.9. The Morgan fingerprint density at radius 1 is 1.09 bits per heavy atom. The van der Waals surface area contributed by atoms with Gasteiger partial charge in [0.1, 0.15) is 11.9 Å².